The summed E-state index contributed by atoms with van der Waals surface area (Å²) in [7, 11) is 0. The molecule has 0 N–H and O–H groups in total. The summed E-state index contributed by atoms with van der Waals surface area (Å²) in [5, 5.41) is 2.50. The summed E-state index contributed by atoms with van der Waals surface area (Å²) in [5.74, 6) is 0.914. The van der Waals surface area contributed by atoms with Gasteiger partial charge in [0.25, 0.3) is 6.71 Å². The molecule has 0 atom stereocenters. The van der Waals surface area contributed by atoms with E-state index in [1.165, 1.54) is 104 Å². The number of furan rings is 1. The highest BCUT2D eigenvalue weighted by Crippen LogP contribution is 2.55. The van der Waals surface area contributed by atoms with Crippen LogP contribution in [0, 0.1) is 0 Å². The van der Waals surface area contributed by atoms with Crippen molar-refractivity contribution in [1.82, 2.24) is 0 Å². The van der Waals surface area contributed by atoms with Crippen LogP contribution in [0.5, 0.6) is 0 Å². The number of hydrogen-bond donors (Lipinski definition) is 0. The molecular weight excluding hydrogens is 808 g/mol. The number of hydrogen-bond acceptors (Lipinski definition) is 4. The highest BCUT2D eigenvalue weighted by atomic mass is 32.1. The van der Waals surface area contributed by atoms with Crippen molar-refractivity contribution in [2.75, 3.05) is 9.80 Å². The topological polar surface area (TPSA) is 19.6 Å². The van der Waals surface area contributed by atoms with Crippen LogP contribution in [-0.4, -0.2) is 6.71 Å². The molecule has 4 aliphatic rings. The minimum Gasteiger partial charge on any atom is -0.440 e. The van der Waals surface area contributed by atoms with Crippen molar-refractivity contribution in [3.8, 4) is 22.3 Å². The number of benzene rings is 7. The second-order valence-corrected chi connectivity index (χ2v) is 23.3. The van der Waals surface area contributed by atoms with Crippen LogP contribution in [0.25, 0.3) is 43.3 Å². The standard InChI is InChI=1S/C60H53BN2OS/c1-57(2,3)34-22-26-36(27-23-34)62-48-20-15-21-49-53(48)61(55-54(62)43-31-41-39-17-12-14-19-45(39)60(9,10)47(41)33-51(43)65-55)52-42-30-40-38-16-11-13-18-44(38)59(7,8)46(40)32-50(42)64-56(52)63(49)37-28-24-35(25-29-37)58(4,5)6/h11-33H,1-10H3. The molecule has 4 heterocycles. The molecule has 0 saturated heterocycles. The van der Waals surface area contributed by atoms with Gasteiger partial charge in [-0.05, 0) is 133 Å². The molecule has 0 fully saturated rings. The molecule has 2 aromatic heterocycles. The molecule has 0 unspecified atom stereocenters. The summed E-state index contributed by atoms with van der Waals surface area (Å²) in [6.07, 6.45) is 0. The quantitative estimate of drug-likeness (QED) is 0.161. The summed E-state index contributed by atoms with van der Waals surface area (Å²) >= 11 is 1.98. The predicted octanol–water partition coefficient (Wildman–Crippen LogP) is 14.9. The van der Waals surface area contributed by atoms with Gasteiger partial charge in [-0.1, -0.05) is 148 Å². The average Bonchev–Trinajstić information content (AvgIpc) is 3.97. The van der Waals surface area contributed by atoms with E-state index >= 15 is 0 Å². The van der Waals surface area contributed by atoms with Crippen LogP contribution >= 0.6 is 11.3 Å². The van der Waals surface area contributed by atoms with E-state index in [0.29, 0.717) is 0 Å². The van der Waals surface area contributed by atoms with E-state index in [2.05, 4.69) is 219 Å². The first-order valence-electron chi connectivity index (χ1n) is 23.4. The second kappa shape index (κ2) is 12.7. The fourth-order valence-electron chi connectivity index (χ4n) is 12.1. The Balaban J connectivity index is 1.14. The van der Waals surface area contributed by atoms with Gasteiger partial charge >= 0.3 is 0 Å². The third kappa shape index (κ3) is 5.19. The number of anilines is 6. The highest BCUT2D eigenvalue weighted by Gasteiger charge is 2.49. The number of nitrogens with zero attached hydrogens (tertiary/aromatic N) is 2. The van der Waals surface area contributed by atoms with Gasteiger partial charge in [0.15, 0.2) is 0 Å². The zero-order chi connectivity index (χ0) is 44.7. The molecule has 5 heteroatoms. The molecule has 3 nitrogen and oxygen atoms in total. The van der Waals surface area contributed by atoms with E-state index in [-0.39, 0.29) is 28.4 Å². The molecule has 0 saturated carbocycles. The molecule has 2 aliphatic carbocycles. The summed E-state index contributed by atoms with van der Waals surface area (Å²) in [6, 6.07) is 53.5. The second-order valence-electron chi connectivity index (χ2n) is 22.2. The third-order valence-corrected chi connectivity index (χ3v) is 16.8. The Labute approximate surface area is 387 Å². The minimum atomic E-state index is -0.147. The molecule has 13 rings (SSSR count). The Kier molecular flexibility index (Phi) is 7.66. The molecular formula is C60H53BN2OS. The van der Waals surface area contributed by atoms with Crippen molar-refractivity contribution < 1.29 is 4.42 Å². The Morgan fingerprint density at radius 3 is 1.57 bits per heavy atom. The zero-order valence-corrected chi connectivity index (χ0v) is 39.9. The predicted molar refractivity (Wildman–Crippen MR) is 278 cm³/mol. The summed E-state index contributed by atoms with van der Waals surface area (Å²) in [5.41, 5.74) is 22.8. The maximum absolute atomic E-state index is 7.42. The maximum Gasteiger partial charge on any atom is 0.269 e. The van der Waals surface area contributed by atoms with Gasteiger partial charge in [-0.15, -0.1) is 11.3 Å². The van der Waals surface area contributed by atoms with Gasteiger partial charge in [0, 0.05) is 59.3 Å². The Hall–Kier alpha value is -6.30. The zero-order valence-electron chi connectivity index (χ0n) is 39.1. The fraction of sp³-hybridized carbons (Fsp3) is 0.233. The van der Waals surface area contributed by atoms with Crippen LogP contribution in [0.2, 0.25) is 0 Å². The van der Waals surface area contributed by atoms with Crippen molar-refractivity contribution >= 4 is 89.1 Å². The van der Waals surface area contributed by atoms with Gasteiger partial charge in [-0.25, -0.2) is 0 Å². The van der Waals surface area contributed by atoms with Crippen LogP contribution in [-0.2, 0) is 21.7 Å². The van der Waals surface area contributed by atoms with Gasteiger partial charge in [0.1, 0.15) is 5.58 Å². The lowest BCUT2D eigenvalue weighted by atomic mass is 9.36. The molecule has 318 valence electrons. The van der Waals surface area contributed by atoms with Gasteiger partial charge in [0.2, 0.25) is 5.88 Å². The molecule has 9 aromatic rings. The lowest BCUT2D eigenvalue weighted by molar-refractivity contribution is 0.590. The van der Waals surface area contributed by atoms with E-state index in [1.54, 1.807) is 0 Å². The summed E-state index contributed by atoms with van der Waals surface area (Å²) in [4.78, 5) is 5.02. The van der Waals surface area contributed by atoms with Crippen LogP contribution in [0.4, 0.5) is 34.3 Å². The van der Waals surface area contributed by atoms with Crippen LogP contribution in [0.3, 0.4) is 0 Å². The van der Waals surface area contributed by atoms with Crippen molar-refractivity contribution in [3.05, 3.63) is 173 Å². The molecule has 2 aliphatic heterocycles. The Morgan fingerprint density at radius 2 is 1.00 bits per heavy atom. The number of thiophene rings is 1. The van der Waals surface area contributed by atoms with Crippen LogP contribution in [0.1, 0.15) is 103 Å². The highest BCUT2D eigenvalue weighted by molar-refractivity contribution is 7.34. The summed E-state index contributed by atoms with van der Waals surface area (Å²) < 4.78 is 10.1. The number of rotatable bonds is 2. The summed E-state index contributed by atoms with van der Waals surface area (Å²) in [6.45, 7) is 23.2. The van der Waals surface area contributed by atoms with E-state index in [9.17, 15) is 0 Å². The monoisotopic (exact) mass is 860 g/mol. The van der Waals surface area contributed by atoms with Crippen LogP contribution < -0.4 is 25.5 Å². The molecule has 0 radical (unpaired) electrons. The van der Waals surface area contributed by atoms with E-state index in [1.807, 2.05) is 11.3 Å². The lowest BCUT2D eigenvalue weighted by Gasteiger charge is -2.41. The molecule has 0 amide bonds. The average molecular weight is 861 g/mol. The van der Waals surface area contributed by atoms with Crippen molar-refractivity contribution in [2.24, 2.45) is 0 Å². The van der Waals surface area contributed by atoms with Gasteiger partial charge in [-0.2, -0.15) is 0 Å². The van der Waals surface area contributed by atoms with E-state index in [0.717, 1.165) is 22.8 Å². The van der Waals surface area contributed by atoms with Gasteiger partial charge < -0.3 is 9.32 Å². The van der Waals surface area contributed by atoms with Crippen molar-refractivity contribution in [1.29, 1.82) is 0 Å². The Bertz CT molecular complexity index is 3520. The van der Waals surface area contributed by atoms with Gasteiger partial charge in [0.05, 0.1) is 5.69 Å². The molecule has 0 spiro atoms. The Morgan fingerprint density at radius 1 is 0.492 bits per heavy atom. The van der Waals surface area contributed by atoms with E-state index in [4.69, 9.17) is 4.42 Å². The normalized spacial score (nSPS) is 16.0. The first-order valence-corrected chi connectivity index (χ1v) is 24.2. The third-order valence-electron chi connectivity index (χ3n) is 15.6. The van der Waals surface area contributed by atoms with E-state index < -0.39 is 0 Å². The minimum absolute atomic E-state index is 0.0315. The van der Waals surface area contributed by atoms with Crippen molar-refractivity contribution in [3.63, 3.8) is 0 Å². The first-order chi connectivity index (χ1) is 31.0. The molecule has 65 heavy (non-hydrogen) atoms. The smallest absolute Gasteiger partial charge is 0.269 e. The van der Waals surface area contributed by atoms with Gasteiger partial charge in [-0.3, -0.25) is 4.90 Å². The SMILES string of the molecule is CC(C)(C)c1ccc(N2c3cccc4c3B(c3sc5cc6c(cc5c3N4c3ccc(C(C)(C)C)cc3)-c3ccccc3C6(C)C)c3c2oc2cc4c(cc32)-c2ccccc2C4(C)C)cc1. The first kappa shape index (κ1) is 39.1. The fourth-order valence-corrected chi connectivity index (χ4v) is 13.4. The molecule has 7 aromatic carbocycles. The van der Waals surface area contributed by atoms with Crippen molar-refractivity contribution in [2.45, 2.75) is 90.9 Å². The lowest BCUT2D eigenvalue weighted by Crippen LogP contribution is -2.60. The molecule has 0 bridgehead atoms. The maximum atomic E-state index is 7.42. The largest absolute Gasteiger partial charge is 0.440 e. The number of fused-ring (bicyclic) bond motifs is 14. The van der Waals surface area contributed by atoms with Crippen LogP contribution in [0.15, 0.2) is 144 Å².